The van der Waals surface area contributed by atoms with Gasteiger partial charge in [-0.25, -0.2) is 0 Å². The molecular weight excluding hydrogens is 542 g/mol. The monoisotopic (exact) mass is 536 g/mol. The Morgan fingerprint density at radius 2 is 0.857 bits per heavy atom. The predicted octanol–water partition coefficient (Wildman–Crippen LogP) is -2.61. The van der Waals surface area contributed by atoms with Gasteiger partial charge in [-0.15, -0.1) is 0 Å². The quantitative estimate of drug-likeness (QED) is 0.295. The number of rotatable bonds is 0. The Hall–Kier alpha value is 4.66. The van der Waals surface area contributed by atoms with Gasteiger partial charge in [0.15, 0.2) is 0 Å². The molecule has 0 aliphatic rings. The molecule has 0 rings (SSSR count). The summed E-state index contributed by atoms with van der Waals surface area (Å²) in [6, 6.07) is 0. The van der Waals surface area contributed by atoms with Gasteiger partial charge < -0.3 is 17.0 Å². The minimum Gasteiger partial charge on any atom is 1.00 e. The van der Waals surface area contributed by atoms with Gasteiger partial charge in [0.05, 0.1) is 0 Å². The molecule has 45 valence electrons. The first-order chi connectivity index (χ1) is 2.00. The molecule has 0 amide bonds. The molecule has 0 fully saturated rings. The first-order valence-electron chi connectivity index (χ1n) is 0.504. The van der Waals surface area contributed by atoms with Crippen molar-refractivity contribution < 1.29 is 75.3 Å². The fraction of sp³-hybridized carbons (Fsp3) is 0. The average Bonchev–Trinajstić information content (AvgIpc) is 0.722. The van der Waals surface area contributed by atoms with Crippen molar-refractivity contribution in [3.05, 3.63) is 0 Å². The van der Waals surface area contributed by atoms with E-state index in [1.54, 1.807) is 0 Å². The van der Waals surface area contributed by atoms with Crippen molar-refractivity contribution >= 4 is 54.5 Å². The van der Waals surface area contributed by atoms with Crippen molar-refractivity contribution in [3.8, 4) is 0 Å². The Morgan fingerprint density at radius 3 is 0.857 bits per heavy atom. The van der Waals surface area contributed by atoms with Gasteiger partial charge in [0.25, 0.3) is 0 Å². The van der Waals surface area contributed by atoms with Crippen LogP contribution < -0.4 is 68.4 Å². The van der Waals surface area contributed by atoms with Crippen molar-refractivity contribution in [3.63, 3.8) is 0 Å². The number of hydrogen-bond acceptors (Lipinski definition) is 0. The van der Waals surface area contributed by atoms with E-state index < -0.39 is 6.94 Å². The summed E-state index contributed by atoms with van der Waals surface area (Å²) in [5.74, 6) is 0. The molecule has 0 radical (unpaired) electrons. The van der Waals surface area contributed by atoms with Crippen molar-refractivity contribution in [2.75, 3.05) is 0 Å². The van der Waals surface area contributed by atoms with Crippen LogP contribution in [0.2, 0.25) is 0 Å². The molecule has 0 nitrogen and oxygen atoms in total. The van der Waals surface area contributed by atoms with Gasteiger partial charge >= 0.3 is 113 Å². The fourth-order valence-corrected chi connectivity index (χ4v) is 0. The summed E-state index contributed by atoms with van der Waals surface area (Å²) in [5.41, 5.74) is 0. The third-order valence-corrected chi connectivity index (χ3v) is 0. The standard InChI is InChI=1S/5BrH.K.Rh/h5*1H;;/q;;;;;+1;+4/p-5. The van der Waals surface area contributed by atoms with Crippen molar-refractivity contribution in [1.82, 2.24) is 0 Å². The average molecular weight is 542 g/mol. The second-order valence-corrected chi connectivity index (χ2v) is 45.6. The maximum atomic E-state index is 3.28. The smallest absolute Gasteiger partial charge is 1.00 e. The molecule has 7 heteroatoms. The van der Waals surface area contributed by atoms with E-state index in [-0.39, 0.29) is 68.4 Å². The zero-order chi connectivity index (χ0) is 4.50. The molecule has 0 atom stereocenters. The van der Waals surface area contributed by atoms with Gasteiger partial charge in [-0.1, -0.05) is 0 Å². The topological polar surface area (TPSA) is 0 Å². The summed E-state index contributed by atoms with van der Waals surface area (Å²) < 4.78 is 0. The molecular formula is Br5KRh. The van der Waals surface area contributed by atoms with E-state index in [0.717, 1.165) is 0 Å². The van der Waals surface area contributed by atoms with Crippen LogP contribution in [0.15, 0.2) is 0 Å². The Labute approximate surface area is 126 Å². The first kappa shape index (κ1) is 17.7. The van der Waals surface area contributed by atoms with Crippen LogP contribution in [0.3, 0.4) is 0 Å². The SMILES string of the molecule is [Br-].[Br][Rh]([Br])([Br])[Br].[K+]. The Kier molecular flexibility index (Phi) is 22.1. The van der Waals surface area contributed by atoms with Crippen molar-refractivity contribution in [1.29, 1.82) is 0 Å². The Morgan fingerprint density at radius 1 is 0.857 bits per heavy atom. The molecule has 7 heavy (non-hydrogen) atoms. The van der Waals surface area contributed by atoms with Crippen LogP contribution in [-0.2, 0) is 6.94 Å². The zero-order valence-corrected chi connectivity index (χ0v) is 15.9. The van der Waals surface area contributed by atoms with Gasteiger partial charge in [0.1, 0.15) is 0 Å². The molecule has 0 aliphatic heterocycles. The van der Waals surface area contributed by atoms with Gasteiger partial charge in [0, 0.05) is 0 Å². The van der Waals surface area contributed by atoms with E-state index in [1.807, 2.05) is 0 Å². The number of hydrogen-bond donors (Lipinski definition) is 0. The molecule has 0 saturated carbocycles. The normalized spacial score (nSPS) is 10.9. The molecule has 0 spiro atoms. The van der Waals surface area contributed by atoms with Crippen LogP contribution in [0.5, 0.6) is 0 Å². The molecule has 0 saturated heterocycles. The van der Waals surface area contributed by atoms with Crippen molar-refractivity contribution in [2.24, 2.45) is 0 Å². The fourth-order valence-electron chi connectivity index (χ4n) is 0. The predicted molar refractivity (Wildman–Crippen MR) is 35.7 cm³/mol. The molecule has 0 N–H and O–H groups in total. The van der Waals surface area contributed by atoms with Gasteiger partial charge in [-0.2, -0.15) is 0 Å². The van der Waals surface area contributed by atoms with Crippen LogP contribution in [0.1, 0.15) is 0 Å². The number of halogens is 5. The maximum absolute atomic E-state index is 3.28. The zero-order valence-electron chi connectivity index (χ0n) is 3.22. The molecule has 0 heterocycles. The second-order valence-electron chi connectivity index (χ2n) is 0.286. The Bertz CT molecular complexity index is 23.6. The van der Waals surface area contributed by atoms with Crippen molar-refractivity contribution in [2.45, 2.75) is 0 Å². The molecule has 0 aromatic rings. The van der Waals surface area contributed by atoms with Crippen LogP contribution in [0.4, 0.5) is 0 Å². The summed E-state index contributed by atoms with van der Waals surface area (Å²) >= 11 is 13.1. The molecule has 0 bridgehead atoms. The molecule has 0 aliphatic carbocycles. The maximum Gasteiger partial charge on any atom is 1.00 e. The second kappa shape index (κ2) is 8.75. The van der Waals surface area contributed by atoms with Crippen LogP contribution in [0.25, 0.3) is 0 Å². The summed E-state index contributed by atoms with van der Waals surface area (Å²) in [7, 11) is 0. The van der Waals surface area contributed by atoms with Gasteiger partial charge in [-0.3, -0.25) is 0 Å². The van der Waals surface area contributed by atoms with E-state index in [4.69, 9.17) is 0 Å². The van der Waals surface area contributed by atoms with Crippen LogP contribution >= 0.6 is 54.5 Å². The van der Waals surface area contributed by atoms with E-state index in [2.05, 4.69) is 54.5 Å². The van der Waals surface area contributed by atoms with E-state index in [1.165, 1.54) is 0 Å². The van der Waals surface area contributed by atoms with E-state index >= 15 is 0 Å². The van der Waals surface area contributed by atoms with Crippen LogP contribution in [-0.4, -0.2) is 0 Å². The molecule has 0 unspecified atom stereocenters. The minimum absolute atomic E-state index is 0. The summed E-state index contributed by atoms with van der Waals surface area (Å²) in [4.78, 5) is 0. The third kappa shape index (κ3) is 36.8. The third-order valence-electron chi connectivity index (χ3n) is 0. The summed E-state index contributed by atoms with van der Waals surface area (Å²) in [5, 5.41) is 0. The molecule has 0 aromatic heterocycles. The summed E-state index contributed by atoms with van der Waals surface area (Å²) in [6.07, 6.45) is 0. The first-order valence-corrected chi connectivity index (χ1v) is 15.5. The summed E-state index contributed by atoms with van der Waals surface area (Å²) in [6.45, 7) is -1.53. The van der Waals surface area contributed by atoms with E-state index in [0.29, 0.717) is 0 Å². The minimum atomic E-state index is -1.53. The largest absolute Gasteiger partial charge is 1.00 e. The van der Waals surface area contributed by atoms with Gasteiger partial charge in [-0.05, 0) is 0 Å². The molecule has 0 aromatic carbocycles. The Balaban J connectivity index is -0.0000000800. The van der Waals surface area contributed by atoms with Crippen LogP contribution in [0, 0.1) is 0 Å². The van der Waals surface area contributed by atoms with Gasteiger partial charge in [0.2, 0.25) is 0 Å². The van der Waals surface area contributed by atoms with E-state index in [9.17, 15) is 0 Å².